The summed E-state index contributed by atoms with van der Waals surface area (Å²) < 4.78 is 5.63. The molecular weight excluding hydrogens is 602 g/mol. The highest BCUT2D eigenvalue weighted by molar-refractivity contribution is 6.01. The van der Waals surface area contributed by atoms with Gasteiger partial charge in [0.25, 0.3) is 0 Å². The second-order valence-electron chi connectivity index (χ2n) is 16.2. The molecule has 0 aromatic carbocycles. The van der Waals surface area contributed by atoms with Crippen LogP contribution in [0.15, 0.2) is 5.11 Å². The van der Waals surface area contributed by atoms with E-state index in [1.165, 1.54) is 6.92 Å². The van der Waals surface area contributed by atoms with E-state index in [2.05, 4.69) is 31.3 Å². The molecule has 47 heavy (non-hydrogen) atoms. The van der Waals surface area contributed by atoms with Crippen molar-refractivity contribution in [3.05, 3.63) is 10.4 Å². The van der Waals surface area contributed by atoms with Gasteiger partial charge in [0.15, 0.2) is 0 Å². The smallest absolute Gasteiger partial charge is 0.332 e. The fraction of sp³-hybridized carbons (Fsp3) is 0.853. The average Bonchev–Trinajstić information content (AvgIpc) is 2.90. The van der Waals surface area contributed by atoms with E-state index in [1.54, 1.807) is 118 Å². The zero-order valence-corrected chi connectivity index (χ0v) is 32.2. The maximum Gasteiger partial charge on any atom is 0.332 e. The van der Waals surface area contributed by atoms with Gasteiger partial charge in [-0.2, -0.15) is 0 Å². The Morgan fingerprint density at radius 3 is 1.02 bits per heavy atom. The molecule has 4 amide bonds. The number of esters is 1. The molecule has 0 rings (SSSR count). The zero-order chi connectivity index (χ0) is 37.7. The first kappa shape index (κ1) is 43.7. The molecule has 0 saturated carbocycles. The van der Waals surface area contributed by atoms with Crippen LogP contribution in [0, 0.1) is 29.6 Å². The van der Waals surface area contributed by atoms with Gasteiger partial charge in [0, 0.05) is 4.91 Å². The number of ether oxygens (including phenoxy) is 1. The molecule has 5 atom stereocenters. The van der Waals surface area contributed by atoms with E-state index < -0.39 is 80.6 Å². The summed E-state index contributed by atoms with van der Waals surface area (Å²) in [5, 5.41) is 15.1. The van der Waals surface area contributed by atoms with Gasteiger partial charge in [-0.3, -0.25) is 19.2 Å². The highest BCUT2D eigenvalue weighted by Crippen LogP contribution is 2.29. The quantitative estimate of drug-likeness (QED) is 0.0806. The molecular formula is C34H63N7O6. The third-order valence-corrected chi connectivity index (χ3v) is 10.2. The summed E-state index contributed by atoms with van der Waals surface area (Å²) in [5.41, 5.74) is 0.887. The predicted octanol–water partition coefficient (Wildman–Crippen LogP) is 5.18. The molecule has 0 spiro atoms. The Kier molecular flexibility index (Phi) is 14.2. The van der Waals surface area contributed by atoms with Crippen LogP contribution in [-0.4, -0.2) is 62.9 Å². The first-order chi connectivity index (χ1) is 20.9. The second kappa shape index (κ2) is 15.3. The number of azide groups is 1. The number of nitrogens with one attached hydrogen (secondary N) is 4. The maximum atomic E-state index is 14.2. The number of hydrogen-bond donors (Lipinski definition) is 4. The Morgan fingerprint density at radius 1 is 0.511 bits per heavy atom. The Bertz CT molecular complexity index is 1240. The van der Waals surface area contributed by atoms with Crippen LogP contribution in [0.5, 0.6) is 0 Å². The minimum absolute atomic E-state index is 0.353. The lowest BCUT2D eigenvalue weighted by atomic mass is 9.79. The van der Waals surface area contributed by atoms with Crippen molar-refractivity contribution in [3.8, 4) is 0 Å². The molecule has 0 saturated heterocycles. The average molecular weight is 666 g/mol. The molecule has 0 fully saturated rings. The van der Waals surface area contributed by atoms with Crippen LogP contribution in [0.25, 0.3) is 10.4 Å². The van der Waals surface area contributed by atoms with Crippen LogP contribution in [0.2, 0.25) is 0 Å². The van der Waals surface area contributed by atoms with Gasteiger partial charge in [-0.05, 0) is 90.5 Å². The molecule has 0 aromatic heterocycles. The lowest BCUT2D eigenvalue weighted by Gasteiger charge is -2.44. The molecule has 0 bridgehead atoms. The number of amides is 4. The highest BCUT2D eigenvalue weighted by atomic mass is 16.6. The standard InChI is InChI=1S/C34H63N7O6/c1-19(2)30(14,36-25(43)31(15,20(3)4)38-27(45)33(17,22(7)8)40-41-35)24(42)37-32(16,21(5)6)26(44)39-34(18,23(9)10)28(46)47-29(11,12)13/h19-23H,1-18H3,(H,36,43)(H,37,42)(H,38,45)(H,39,44)/t30-,31-,32-,33-,34-/m0/s1. The van der Waals surface area contributed by atoms with Crippen LogP contribution in [0.3, 0.4) is 0 Å². The molecule has 0 heterocycles. The molecule has 0 unspecified atom stereocenters. The first-order valence-corrected chi connectivity index (χ1v) is 16.5. The van der Waals surface area contributed by atoms with E-state index in [4.69, 9.17) is 10.3 Å². The molecule has 0 aliphatic carbocycles. The summed E-state index contributed by atoms with van der Waals surface area (Å²) in [6.45, 7) is 30.6. The Balaban J connectivity index is 6.65. The van der Waals surface area contributed by atoms with Crippen molar-refractivity contribution in [1.82, 2.24) is 21.3 Å². The summed E-state index contributed by atoms with van der Waals surface area (Å²) in [5.74, 6) is -5.17. The van der Waals surface area contributed by atoms with E-state index in [-0.39, 0.29) is 11.8 Å². The molecule has 0 aliphatic heterocycles. The molecule has 13 heteroatoms. The Labute approximate surface area is 282 Å². The second-order valence-corrected chi connectivity index (χ2v) is 16.2. The van der Waals surface area contributed by atoms with Gasteiger partial charge in [-0.1, -0.05) is 74.4 Å². The van der Waals surface area contributed by atoms with Crippen LogP contribution in [0.1, 0.15) is 125 Å². The summed E-state index contributed by atoms with van der Waals surface area (Å²) in [6.07, 6.45) is 0. The minimum Gasteiger partial charge on any atom is -0.458 e. The predicted molar refractivity (Wildman–Crippen MR) is 184 cm³/mol. The fourth-order valence-electron chi connectivity index (χ4n) is 4.18. The maximum absolute atomic E-state index is 14.2. The van der Waals surface area contributed by atoms with Crippen molar-refractivity contribution in [2.75, 3.05) is 0 Å². The topological polar surface area (TPSA) is 191 Å². The van der Waals surface area contributed by atoms with Crippen molar-refractivity contribution in [1.29, 1.82) is 0 Å². The van der Waals surface area contributed by atoms with E-state index in [0.29, 0.717) is 0 Å². The number of nitrogens with zero attached hydrogens (tertiary/aromatic N) is 3. The van der Waals surface area contributed by atoms with Gasteiger partial charge in [-0.25, -0.2) is 4.79 Å². The fourth-order valence-corrected chi connectivity index (χ4v) is 4.18. The number of carbonyl (C=O) groups is 5. The third kappa shape index (κ3) is 9.61. The van der Waals surface area contributed by atoms with Gasteiger partial charge in [-0.15, -0.1) is 0 Å². The summed E-state index contributed by atoms with van der Waals surface area (Å²) in [4.78, 5) is 71.9. The SMILES string of the molecule is CC(C)[C@](C)(N=[N+]=[N-])C(=O)N[C@](C)(C(=O)N[C@](C)(C(=O)N[C@](C)(C(=O)N[C@](C)(C(=O)OC(C)(C)C)C(C)C)C(C)C)C(C)C)C(C)C. The Hall–Kier alpha value is -3.34. The molecule has 0 aromatic rings. The van der Waals surface area contributed by atoms with Crippen molar-refractivity contribution >= 4 is 29.6 Å². The highest BCUT2D eigenvalue weighted by Gasteiger charge is 2.51. The van der Waals surface area contributed by atoms with E-state index in [0.717, 1.165) is 0 Å². The van der Waals surface area contributed by atoms with Crippen molar-refractivity contribution in [2.24, 2.45) is 34.7 Å². The monoisotopic (exact) mass is 665 g/mol. The summed E-state index contributed by atoms with van der Waals surface area (Å²) >= 11 is 0. The van der Waals surface area contributed by atoms with Crippen LogP contribution in [-0.2, 0) is 28.7 Å². The van der Waals surface area contributed by atoms with Crippen LogP contribution < -0.4 is 21.3 Å². The number of rotatable bonds is 15. The molecule has 270 valence electrons. The van der Waals surface area contributed by atoms with Gasteiger partial charge < -0.3 is 26.0 Å². The number of carbonyl (C=O) groups excluding carboxylic acids is 5. The van der Waals surface area contributed by atoms with Gasteiger partial charge >= 0.3 is 5.97 Å². The van der Waals surface area contributed by atoms with Gasteiger partial charge in [0.1, 0.15) is 33.3 Å². The van der Waals surface area contributed by atoms with Crippen LogP contribution >= 0.6 is 0 Å². The number of hydrogen-bond acceptors (Lipinski definition) is 7. The summed E-state index contributed by atoms with van der Waals surface area (Å²) in [6, 6.07) is 0. The minimum atomic E-state index is -1.55. The Morgan fingerprint density at radius 2 is 0.787 bits per heavy atom. The third-order valence-electron chi connectivity index (χ3n) is 10.2. The molecule has 0 aliphatic rings. The van der Waals surface area contributed by atoms with E-state index in [9.17, 15) is 24.0 Å². The van der Waals surface area contributed by atoms with Crippen molar-refractivity contribution in [2.45, 2.75) is 158 Å². The van der Waals surface area contributed by atoms with E-state index >= 15 is 0 Å². The van der Waals surface area contributed by atoms with E-state index in [1.807, 2.05) is 0 Å². The van der Waals surface area contributed by atoms with Crippen molar-refractivity contribution < 1.29 is 28.7 Å². The molecule has 4 N–H and O–H groups in total. The van der Waals surface area contributed by atoms with Crippen molar-refractivity contribution in [3.63, 3.8) is 0 Å². The zero-order valence-electron chi connectivity index (χ0n) is 32.2. The lowest BCUT2D eigenvalue weighted by molar-refractivity contribution is -0.167. The largest absolute Gasteiger partial charge is 0.458 e. The van der Waals surface area contributed by atoms with Gasteiger partial charge in [0.2, 0.25) is 23.6 Å². The molecule has 0 radical (unpaired) electrons. The van der Waals surface area contributed by atoms with Crippen LogP contribution in [0.4, 0.5) is 0 Å². The van der Waals surface area contributed by atoms with Gasteiger partial charge in [0.05, 0.1) is 0 Å². The first-order valence-electron chi connectivity index (χ1n) is 16.5. The normalized spacial score (nSPS) is 18.5. The lowest BCUT2D eigenvalue weighted by Crippen LogP contribution is -2.72. The molecule has 13 nitrogen and oxygen atoms in total. The summed E-state index contributed by atoms with van der Waals surface area (Å²) in [7, 11) is 0.